The molecule has 1 N–H and O–H groups in total. The van der Waals surface area contributed by atoms with Gasteiger partial charge in [0.05, 0.1) is 5.41 Å². The van der Waals surface area contributed by atoms with Gasteiger partial charge in [0.25, 0.3) is 0 Å². The molecule has 2 aliphatic rings. The molecule has 1 atom stereocenters. The summed E-state index contributed by atoms with van der Waals surface area (Å²) in [5, 5.41) is 2.81. The van der Waals surface area contributed by atoms with Crippen LogP contribution in [0.2, 0.25) is 0 Å². The normalized spacial score (nSPS) is 23.7. The van der Waals surface area contributed by atoms with Gasteiger partial charge in [-0.15, -0.1) is 0 Å². The summed E-state index contributed by atoms with van der Waals surface area (Å²) in [6.07, 6.45) is 0.825. The molecule has 3 rings (SSSR count). The number of likely N-dealkylation sites (tertiary alicyclic amines) is 1. The van der Waals surface area contributed by atoms with Crippen LogP contribution in [0.3, 0.4) is 0 Å². The number of hydrogen-bond donors (Lipinski definition) is 1. The van der Waals surface area contributed by atoms with Crippen LogP contribution in [-0.2, 0) is 14.9 Å². The van der Waals surface area contributed by atoms with Crippen LogP contribution >= 0.6 is 0 Å². The Kier molecular flexibility index (Phi) is 3.58. The van der Waals surface area contributed by atoms with E-state index in [4.69, 9.17) is 4.74 Å². The number of hydrogen-bond acceptors (Lipinski definition) is 3. The summed E-state index contributed by atoms with van der Waals surface area (Å²) in [6, 6.07) is 4.29. The van der Waals surface area contributed by atoms with Crippen molar-refractivity contribution in [2.24, 2.45) is 0 Å². The number of benzene rings is 1. The molecule has 1 saturated heterocycles. The molecule has 0 unspecified atom stereocenters. The SMILES string of the molecule is CC(C)(C)OC(=O)N1CCC[C@@]2(C1)C(=O)Nc1ccc(F)cc12. The first-order valence-corrected chi connectivity index (χ1v) is 7.81. The van der Waals surface area contributed by atoms with E-state index in [1.165, 1.54) is 12.1 Å². The van der Waals surface area contributed by atoms with E-state index in [1.807, 2.05) is 0 Å². The second-order valence-electron chi connectivity index (χ2n) is 7.23. The zero-order valence-corrected chi connectivity index (χ0v) is 13.6. The number of rotatable bonds is 0. The minimum Gasteiger partial charge on any atom is -0.444 e. The number of amides is 2. The van der Waals surface area contributed by atoms with Gasteiger partial charge < -0.3 is 15.0 Å². The van der Waals surface area contributed by atoms with E-state index in [2.05, 4.69) is 5.32 Å². The molecule has 124 valence electrons. The first kappa shape index (κ1) is 15.8. The Balaban J connectivity index is 1.90. The monoisotopic (exact) mass is 320 g/mol. The molecule has 1 spiro atoms. The standard InChI is InChI=1S/C17H21FN2O3/c1-16(2,3)23-15(22)20-8-4-7-17(10-20)12-9-11(18)5-6-13(12)19-14(17)21/h5-6,9H,4,7-8,10H2,1-3H3,(H,19,21)/t17-/m0/s1. The van der Waals surface area contributed by atoms with E-state index in [1.54, 1.807) is 31.7 Å². The molecule has 0 radical (unpaired) electrons. The van der Waals surface area contributed by atoms with E-state index in [-0.39, 0.29) is 18.3 Å². The number of piperidine rings is 1. The van der Waals surface area contributed by atoms with Crippen LogP contribution in [0.5, 0.6) is 0 Å². The van der Waals surface area contributed by atoms with E-state index >= 15 is 0 Å². The Morgan fingerprint density at radius 2 is 2.13 bits per heavy atom. The number of halogens is 1. The van der Waals surface area contributed by atoms with Crippen LogP contribution in [0.4, 0.5) is 14.9 Å². The zero-order chi connectivity index (χ0) is 16.8. The maximum Gasteiger partial charge on any atom is 0.410 e. The van der Waals surface area contributed by atoms with E-state index in [0.717, 1.165) is 0 Å². The Morgan fingerprint density at radius 1 is 1.39 bits per heavy atom. The predicted molar refractivity (Wildman–Crippen MR) is 83.7 cm³/mol. The second kappa shape index (κ2) is 5.22. The molecule has 5 nitrogen and oxygen atoms in total. The lowest BCUT2D eigenvalue weighted by atomic mass is 9.75. The van der Waals surface area contributed by atoms with E-state index < -0.39 is 17.1 Å². The highest BCUT2D eigenvalue weighted by molar-refractivity contribution is 6.06. The number of carbonyl (C=O) groups excluding carboxylic acids is 2. The summed E-state index contributed by atoms with van der Waals surface area (Å²) in [5.41, 5.74) is -0.214. The zero-order valence-electron chi connectivity index (χ0n) is 13.6. The van der Waals surface area contributed by atoms with Crippen molar-refractivity contribution in [2.45, 2.75) is 44.6 Å². The van der Waals surface area contributed by atoms with Crippen LogP contribution < -0.4 is 5.32 Å². The highest BCUT2D eigenvalue weighted by atomic mass is 19.1. The summed E-state index contributed by atoms with van der Waals surface area (Å²) in [6.45, 7) is 6.16. The minimum absolute atomic E-state index is 0.175. The van der Waals surface area contributed by atoms with Gasteiger partial charge in [-0.2, -0.15) is 0 Å². The third kappa shape index (κ3) is 2.78. The van der Waals surface area contributed by atoms with Crippen molar-refractivity contribution in [3.8, 4) is 0 Å². The fraction of sp³-hybridized carbons (Fsp3) is 0.529. The summed E-state index contributed by atoms with van der Waals surface area (Å²) < 4.78 is 19.1. The van der Waals surface area contributed by atoms with Gasteiger partial charge in [-0.1, -0.05) is 0 Å². The Bertz CT molecular complexity index is 668. The number of fused-ring (bicyclic) bond motifs is 2. The predicted octanol–water partition coefficient (Wildman–Crippen LogP) is 3.05. The van der Waals surface area contributed by atoms with E-state index in [9.17, 15) is 14.0 Å². The number of nitrogens with one attached hydrogen (secondary N) is 1. The van der Waals surface area contributed by atoms with Crippen LogP contribution in [0.1, 0.15) is 39.2 Å². The first-order valence-electron chi connectivity index (χ1n) is 7.81. The number of carbonyl (C=O) groups is 2. The molecule has 2 heterocycles. The van der Waals surface area contributed by atoms with Gasteiger partial charge in [-0.05, 0) is 57.4 Å². The molecular formula is C17H21FN2O3. The Labute approximate surface area is 134 Å². The van der Waals surface area contributed by atoms with Crippen LogP contribution in [0.25, 0.3) is 0 Å². The van der Waals surface area contributed by atoms with Gasteiger partial charge in [0, 0.05) is 18.8 Å². The third-order valence-corrected chi connectivity index (χ3v) is 4.32. The van der Waals surface area contributed by atoms with Crippen molar-refractivity contribution in [1.29, 1.82) is 0 Å². The Morgan fingerprint density at radius 3 is 2.83 bits per heavy atom. The molecule has 23 heavy (non-hydrogen) atoms. The summed E-state index contributed by atoms with van der Waals surface area (Å²) in [4.78, 5) is 26.4. The average molecular weight is 320 g/mol. The lowest BCUT2D eigenvalue weighted by Crippen LogP contribution is -2.52. The van der Waals surface area contributed by atoms with Crippen molar-refractivity contribution in [1.82, 2.24) is 4.90 Å². The molecule has 0 aliphatic carbocycles. The van der Waals surface area contributed by atoms with Gasteiger partial charge in [0.1, 0.15) is 11.4 Å². The number of anilines is 1. The summed E-state index contributed by atoms with van der Waals surface area (Å²) in [7, 11) is 0. The van der Waals surface area contributed by atoms with Gasteiger partial charge in [0.2, 0.25) is 5.91 Å². The van der Waals surface area contributed by atoms with Gasteiger partial charge in [-0.3, -0.25) is 4.79 Å². The Hall–Kier alpha value is -2.11. The van der Waals surface area contributed by atoms with Crippen molar-refractivity contribution in [2.75, 3.05) is 18.4 Å². The highest BCUT2D eigenvalue weighted by Crippen LogP contribution is 2.44. The highest BCUT2D eigenvalue weighted by Gasteiger charge is 2.50. The fourth-order valence-corrected chi connectivity index (χ4v) is 3.33. The number of nitrogens with zero attached hydrogens (tertiary/aromatic N) is 1. The molecule has 0 saturated carbocycles. The van der Waals surface area contributed by atoms with Crippen molar-refractivity contribution in [3.63, 3.8) is 0 Å². The van der Waals surface area contributed by atoms with Crippen LogP contribution in [-0.4, -0.2) is 35.6 Å². The van der Waals surface area contributed by atoms with Crippen molar-refractivity contribution in [3.05, 3.63) is 29.6 Å². The maximum absolute atomic E-state index is 13.7. The van der Waals surface area contributed by atoms with Gasteiger partial charge >= 0.3 is 6.09 Å². The smallest absolute Gasteiger partial charge is 0.410 e. The molecule has 1 aromatic carbocycles. The first-order chi connectivity index (χ1) is 10.7. The van der Waals surface area contributed by atoms with Crippen molar-refractivity contribution >= 4 is 17.7 Å². The lowest BCUT2D eigenvalue weighted by molar-refractivity contribution is -0.122. The molecule has 1 aromatic rings. The molecule has 1 fully saturated rings. The summed E-state index contributed by atoms with van der Waals surface area (Å²) in [5.74, 6) is -0.555. The average Bonchev–Trinajstić information content (AvgIpc) is 2.70. The minimum atomic E-state index is -0.882. The quantitative estimate of drug-likeness (QED) is 0.799. The van der Waals surface area contributed by atoms with Gasteiger partial charge in [-0.25, -0.2) is 9.18 Å². The molecule has 2 amide bonds. The second-order valence-corrected chi connectivity index (χ2v) is 7.23. The van der Waals surface area contributed by atoms with Crippen LogP contribution in [0, 0.1) is 5.82 Å². The topological polar surface area (TPSA) is 58.6 Å². The third-order valence-electron chi connectivity index (χ3n) is 4.32. The van der Waals surface area contributed by atoms with Gasteiger partial charge in [0.15, 0.2) is 0 Å². The number of ether oxygens (including phenoxy) is 1. The molecule has 6 heteroatoms. The van der Waals surface area contributed by atoms with E-state index in [0.29, 0.717) is 30.6 Å². The molecule has 0 bridgehead atoms. The molecule has 0 aromatic heterocycles. The molecule has 2 aliphatic heterocycles. The van der Waals surface area contributed by atoms with Crippen molar-refractivity contribution < 1.29 is 18.7 Å². The summed E-state index contributed by atoms with van der Waals surface area (Å²) >= 11 is 0. The fourth-order valence-electron chi connectivity index (χ4n) is 3.33. The van der Waals surface area contributed by atoms with Crippen LogP contribution in [0.15, 0.2) is 18.2 Å². The largest absolute Gasteiger partial charge is 0.444 e. The maximum atomic E-state index is 13.7. The lowest BCUT2D eigenvalue weighted by Gasteiger charge is -2.39. The molecular weight excluding hydrogens is 299 g/mol.